The molecule has 3 rings (SSSR count). The van der Waals surface area contributed by atoms with Gasteiger partial charge in [-0.3, -0.25) is 4.79 Å². The van der Waals surface area contributed by atoms with Crippen molar-refractivity contribution in [1.82, 2.24) is 25.0 Å². The first-order valence-corrected chi connectivity index (χ1v) is 9.13. The van der Waals surface area contributed by atoms with Crippen LogP contribution in [0.2, 0.25) is 0 Å². The standard InChI is InChI=1S/C15H14N6O3S2/c1-3-24-14(23)11-13(19-20-17-11)25-15-10(18-21-26-15)12(22)16-9-6-4-5-8(2)7-9/h4-7H,3H2,1-2H3,(H,16,22)(H,17,19,20). The Hall–Kier alpha value is -2.79. The SMILES string of the molecule is CCOC(=O)c1n[nH]nc1Sc1snnc1C(=O)Nc1cccc(C)c1. The van der Waals surface area contributed by atoms with Gasteiger partial charge < -0.3 is 10.1 Å². The molecule has 134 valence electrons. The van der Waals surface area contributed by atoms with Gasteiger partial charge in [0.05, 0.1) is 6.61 Å². The van der Waals surface area contributed by atoms with Crippen LogP contribution in [0, 0.1) is 6.92 Å². The van der Waals surface area contributed by atoms with Crippen molar-refractivity contribution in [2.24, 2.45) is 0 Å². The average Bonchev–Trinajstić information content (AvgIpc) is 3.25. The van der Waals surface area contributed by atoms with Gasteiger partial charge in [-0.05, 0) is 43.1 Å². The lowest BCUT2D eigenvalue weighted by Gasteiger charge is -2.05. The number of H-pyrrole nitrogens is 1. The molecule has 2 heterocycles. The van der Waals surface area contributed by atoms with Crippen LogP contribution in [0.1, 0.15) is 33.5 Å². The van der Waals surface area contributed by atoms with E-state index in [2.05, 4.69) is 30.3 Å². The van der Waals surface area contributed by atoms with Crippen LogP contribution in [0.15, 0.2) is 33.5 Å². The number of hydrogen-bond donors (Lipinski definition) is 2. The summed E-state index contributed by atoms with van der Waals surface area (Å²) in [4.78, 5) is 24.4. The number of carbonyl (C=O) groups is 2. The highest BCUT2D eigenvalue weighted by molar-refractivity contribution is 8.01. The molecule has 1 aromatic carbocycles. The molecule has 2 N–H and O–H groups in total. The number of rotatable bonds is 6. The van der Waals surface area contributed by atoms with Gasteiger partial charge in [0, 0.05) is 5.69 Å². The molecule has 26 heavy (non-hydrogen) atoms. The van der Waals surface area contributed by atoms with E-state index in [1.807, 2.05) is 25.1 Å². The van der Waals surface area contributed by atoms with E-state index in [9.17, 15) is 9.59 Å². The molecule has 0 unspecified atom stereocenters. The number of nitrogens with zero attached hydrogens (tertiary/aromatic N) is 4. The lowest BCUT2D eigenvalue weighted by Crippen LogP contribution is -2.13. The van der Waals surface area contributed by atoms with Crippen LogP contribution in [0.5, 0.6) is 0 Å². The fourth-order valence-corrected chi connectivity index (χ4v) is 3.63. The van der Waals surface area contributed by atoms with Gasteiger partial charge in [-0.25, -0.2) is 4.79 Å². The quantitative estimate of drug-likeness (QED) is 0.616. The summed E-state index contributed by atoms with van der Waals surface area (Å²) in [6.07, 6.45) is 0. The second-order valence-electron chi connectivity index (χ2n) is 5.03. The maximum Gasteiger partial charge on any atom is 0.361 e. The molecule has 0 radical (unpaired) electrons. The molecule has 0 aliphatic carbocycles. The van der Waals surface area contributed by atoms with Gasteiger partial charge in [0.25, 0.3) is 5.91 Å². The highest BCUT2D eigenvalue weighted by atomic mass is 32.2. The minimum atomic E-state index is -0.591. The first-order chi connectivity index (χ1) is 12.6. The number of aromatic amines is 1. The van der Waals surface area contributed by atoms with E-state index in [-0.39, 0.29) is 18.0 Å². The van der Waals surface area contributed by atoms with E-state index in [0.29, 0.717) is 14.9 Å². The Kier molecular flexibility index (Phi) is 5.58. The summed E-state index contributed by atoms with van der Waals surface area (Å²) in [5.74, 6) is -0.986. The predicted octanol–water partition coefficient (Wildman–Crippen LogP) is 2.54. The minimum absolute atomic E-state index is 0.0512. The van der Waals surface area contributed by atoms with E-state index in [1.165, 1.54) is 0 Å². The Morgan fingerprint density at radius 2 is 2.15 bits per heavy atom. The Morgan fingerprint density at radius 3 is 2.92 bits per heavy atom. The molecular weight excluding hydrogens is 376 g/mol. The predicted molar refractivity (Wildman–Crippen MR) is 95.5 cm³/mol. The average molecular weight is 390 g/mol. The molecule has 0 saturated carbocycles. The molecule has 0 spiro atoms. The number of carbonyl (C=O) groups excluding carboxylic acids is 2. The van der Waals surface area contributed by atoms with Crippen molar-refractivity contribution in [2.75, 3.05) is 11.9 Å². The number of anilines is 1. The summed E-state index contributed by atoms with van der Waals surface area (Å²) >= 11 is 2.11. The number of aromatic nitrogens is 5. The molecule has 3 aromatic rings. The molecule has 9 nitrogen and oxygen atoms in total. The number of amides is 1. The summed E-state index contributed by atoms with van der Waals surface area (Å²) in [6, 6.07) is 7.42. The number of hydrogen-bond acceptors (Lipinski definition) is 9. The van der Waals surface area contributed by atoms with Crippen molar-refractivity contribution in [1.29, 1.82) is 0 Å². The molecule has 1 amide bonds. The summed E-state index contributed by atoms with van der Waals surface area (Å²) in [5, 5.41) is 17.1. The Labute approximate surface area is 156 Å². The van der Waals surface area contributed by atoms with Crippen molar-refractivity contribution in [3.8, 4) is 0 Å². The normalized spacial score (nSPS) is 10.5. The van der Waals surface area contributed by atoms with Crippen LogP contribution in [0.25, 0.3) is 0 Å². The third kappa shape index (κ3) is 4.06. The Morgan fingerprint density at radius 1 is 1.31 bits per heavy atom. The number of nitrogens with one attached hydrogen (secondary N) is 2. The summed E-state index contributed by atoms with van der Waals surface area (Å²) in [5.41, 5.74) is 1.89. The zero-order valence-corrected chi connectivity index (χ0v) is 15.5. The summed E-state index contributed by atoms with van der Waals surface area (Å²) in [7, 11) is 0. The van der Waals surface area contributed by atoms with Crippen LogP contribution in [0.4, 0.5) is 5.69 Å². The van der Waals surface area contributed by atoms with E-state index in [0.717, 1.165) is 28.9 Å². The molecule has 0 aliphatic rings. The first-order valence-electron chi connectivity index (χ1n) is 7.54. The van der Waals surface area contributed by atoms with E-state index >= 15 is 0 Å². The highest BCUT2D eigenvalue weighted by Crippen LogP contribution is 2.33. The van der Waals surface area contributed by atoms with Gasteiger partial charge in [0.2, 0.25) is 5.69 Å². The highest BCUT2D eigenvalue weighted by Gasteiger charge is 2.23. The number of ether oxygens (including phenoxy) is 1. The molecule has 0 aliphatic heterocycles. The zero-order chi connectivity index (χ0) is 18.5. The van der Waals surface area contributed by atoms with Gasteiger partial charge in [0.15, 0.2) is 10.7 Å². The number of esters is 1. The fraction of sp³-hybridized carbons (Fsp3) is 0.200. The fourth-order valence-electron chi connectivity index (χ4n) is 2.01. The molecule has 0 fully saturated rings. The van der Waals surface area contributed by atoms with Gasteiger partial charge in [0.1, 0.15) is 4.21 Å². The van der Waals surface area contributed by atoms with Gasteiger partial charge in [-0.1, -0.05) is 28.4 Å². The van der Waals surface area contributed by atoms with Crippen molar-refractivity contribution in [2.45, 2.75) is 23.1 Å². The van der Waals surface area contributed by atoms with Crippen molar-refractivity contribution in [3.63, 3.8) is 0 Å². The first kappa shape index (κ1) is 18.0. The maximum atomic E-state index is 12.5. The lowest BCUT2D eigenvalue weighted by atomic mass is 10.2. The molecular formula is C15H14N6O3S2. The van der Waals surface area contributed by atoms with Crippen LogP contribution in [-0.4, -0.2) is 43.5 Å². The van der Waals surface area contributed by atoms with Crippen LogP contribution in [0.3, 0.4) is 0 Å². The molecule has 0 bridgehead atoms. The Bertz CT molecular complexity index is 939. The van der Waals surface area contributed by atoms with Crippen LogP contribution in [-0.2, 0) is 4.74 Å². The largest absolute Gasteiger partial charge is 0.461 e. The van der Waals surface area contributed by atoms with E-state index in [4.69, 9.17) is 4.74 Å². The molecule has 0 atom stereocenters. The third-order valence-corrected chi connectivity index (χ3v) is 4.98. The minimum Gasteiger partial charge on any atom is -0.461 e. The zero-order valence-electron chi connectivity index (χ0n) is 13.8. The molecule has 11 heteroatoms. The van der Waals surface area contributed by atoms with Gasteiger partial charge in [-0.15, -0.1) is 15.3 Å². The third-order valence-electron chi connectivity index (χ3n) is 3.12. The maximum absolute atomic E-state index is 12.5. The van der Waals surface area contributed by atoms with Crippen molar-refractivity contribution >= 4 is 40.9 Å². The number of benzene rings is 1. The van der Waals surface area contributed by atoms with E-state index < -0.39 is 11.9 Å². The number of aryl methyl sites for hydroxylation is 1. The smallest absolute Gasteiger partial charge is 0.361 e. The second-order valence-corrected chi connectivity index (χ2v) is 7.04. The second kappa shape index (κ2) is 8.06. The van der Waals surface area contributed by atoms with Gasteiger partial charge in [-0.2, -0.15) is 5.21 Å². The van der Waals surface area contributed by atoms with Crippen LogP contribution >= 0.6 is 23.3 Å². The van der Waals surface area contributed by atoms with E-state index in [1.54, 1.807) is 13.0 Å². The topological polar surface area (TPSA) is 123 Å². The van der Waals surface area contributed by atoms with Gasteiger partial charge >= 0.3 is 5.97 Å². The van der Waals surface area contributed by atoms with Crippen LogP contribution < -0.4 is 5.32 Å². The van der Waals surface area contributed by atoms with Crippen molar-refractivity contribution in [3.05, 3.63) is 41.2 Å². The summed E-state index contributed by atoms with van der Waals surface area (Å²) < 4.78 is 9.26. The molecule has 0 saturated heterocycles. The molecule has 2 aromatic heterocycles. The Balaban J connectivity index is 1.78. The van der Waals surface area contributed by atoms with Crippen molar-refractivity contribution < 1.29 is 14.3 Å². The monoisotopic (exact) mass is 390 g/mol. The lowest BCUT2D eigenvalue weighted by molar-refractivity contribution is 0.0515. The summed E-state index contributed by atoms with van der Waals surface area (Å²) in [6.45, 7) is 3.86.